The van der Waals surface area contributed by atoms with Crippen molar-refractivity contribution in [2.75, 3.05) is 31.5 Å². The van der Waals surface area contributed by atoms with Gasteiger partial charge in [-0.15, -0.1) is 23.5 Å². The molecule has 1 amide bonds. The van der Waals surface area contributed by atoms with Crippen LogP contribution in [0.1, 0.15) is 0 Å². The molecule has 25 heavy (non-hydrogen) atoms. The van der Waals surface area contributed by atoms with Gasteiger partial charge in [0.15, 0.2) is 6.29 Å². The van der Waals surface area contributed by atoms with Gasteiger partial charge in [0.1, 0.15) is 5.75 Å². The van der Waals surface area contributed by atoms with Crippen LogP contribution in [0.4, 0.5) is 10.5 Å². The molecule has 0 spiro atoms. The molecule has 0 aliphatic heterocycles. The molecule has 0 saturated heterocycles. The van der Waals surface area contributed by atoms with E-state index in [1.165, 1.54) is 0 Å². The first kappa shape index (κ1) is 19.7. The van der Waals surface area contributed by atoms with Crippen molar-refractivity contribution in [1.82, 2.24) is 0 Å². The lowest BCUT2D eigenvalue weighted by Crippen LogP contribution is -2.17. The molecule has 0 atom stereocenters. The number of nitrogens with one attached hydrogen (secondary N) is 1. The van der Waals surface area contributed by atoms with Gasteiger partial charge in [-0.1, -0.05) is 6.07 Å². The molecule has 1 N–H and O–H groups in total. The Hall–Kier alpha value is -1.67. The number of methoxy groups -OCH3 is 2. The average Bonchev–Trinajstić information content (AvgIpc) is 2.63. The summed E-state index contributed by atoms with van der Waals surface area (Å²) in [4.78, 5) is 14.1. The van der Waals surface area contributed by atoms with Crippen LogP contribution in [0.2, 0.25) is 0 Å². The maximum atomic E-state index is 12.0. The number of amides is 1. The second-order valence-corrected chi connectivity index (χ2v) is 6.90. The van der Waals surface area contributed by atoms with Crippen LogP contribution >= 0.6 is 23.5 Å². The molecule has 0 unspecified atom stereocenters. The van der Waals surface area contributed by atoms with E-state index in [1.807, 2.05) is 48.7 Å². The number of hydrogen-bond donors (Lipinski definition) is 1. The Balaban J connectivity index is 1.90. The molecule has 0 aliphatic rings. The lowest BCUT2D eigenvalue weighted by molar-refractivity contribution is -0.0842. The normalized spacial score (nSPS) is 10.7. The van der Waals surface area contributed by atoms with E-state index < -0.39 is 6.09 Å². The first-order valence-electron chi connectivity index (χ1n) is 7.56. The highest BCUT2D eigenvalue weighted by molar-refractivity contribution is 7.99. The lowest BCUT2D eigenvalue weighted by Gasteiger charge is -2.13. The number of hydrogen-bond acceptors (Lipinski definition) is 6. The van der Waals surface area contributed by atoms with E-state index in [4.69, 9.17) is 14.2 Å². The third-order valence-corrected chi connectivity index (χ3v) is 5.03. The second kappa shape index (κ2) is 10.4. The fourth-order valence-corrected chi connectivity index (χ4v) is 3.33. The van der Waals surface area contributed by atoms with Gasteiger partial charge in [0.05, 0.1) is 0 Å². The summed E-state index contributed by atoms with van der Waals surface area (Å²) in [6.45, 7) is 0. The number of thioether (sulfide) groups is 2. The molecule has 2 aromatic carbocycles. The fourth-order valence-electron chi connectivity index (χ4n) is 1.95. The molecular weight excluding hydrogens is 358 g/mol. The summed E-state index contributed by atoms with van der Waals surface area (Å²) in [7, 11) is 3.20. The molecule has 134 valence electrons. The van der Waals surface area contributed by atoms with Crippen molar-refractivity contribution < 1.29 is 19.0 Å². The van der Waals surface area contributed by atoms with Gasteiger partial charge in [-0.2, -0.15) is 0 Å². The van der Waals surface area contributed by atoms with Crippen molar-refractivity contribution in [3.8, 4) is 5.75 Å². The molecule has 0 aliphatic carbocycles. The molecule has 0 fully saturated rings. The summed E-state index contributed by atoms with van der Waals surface area (Å²) in [6.07, 6.45) is 1.20. The SMILES string of the molecule is COC(CSc1cccc(OC(=O)Nc2ccc(SC)cc2)c1)OC. The minimum absolute atomic E-state index is 0.276. The molecule has 2 aromatic rings. The van der Waals surface area contributed by atoms with Crippen LogP contribution in [-0.2, 0) is 9.47 Å². The van der Waals surface area contributed by atoms with Gasteiger partial charge >= 0.3 is 6.09 Å². The number of benzene rings is 2. The molecule has 0 saturated carbocycles. The number of carbonyl (C=O) groups is 1. The molecule has 5 nitrogen and oxygen atoms in total. The molecule has 2 rings (SSSR count). The van der Waals surface area contributed by atoms with Crippen molar-refractivity contribution in [2.45, 2.75) is 16.1 Å². The zero-order valence-electron chi connectivity index (χ0n) is 14.4. The predicted molar refractivity (Wildman–Crippen MR) is 103 cm³/mol. The summed E-state index contributed by atoms with van der Waals surface area (Å²) in [6, 6.07) is 14.9. The van der Waals surface area contributed by atoms with Crippen molar-refractivity contribution >= 4 is 35.3 Å². The quantitative estimate of drug-likeness (QED) is 0.529. The highest BCUT2D eigenvalue weighted by atomic mass is 32.2. The van der Waals surface area contributed by atoms with Crippen LogP contribution in [0.15, 0.2) is 58.3 Å². The van der Waals surface area contributed by atoms with E-state index >= 15 is 0 Å². The van der Waals surface area contributed by atoms with Crippen LogP contribution < -0.4 is 10.1 Å². The van der Waals surface area contributed by atoms with Crippen LogP contribution in [-0.4, -0.2) is 38.6 Å². The minimum atomic E-state index is -0.522. The first-order chi connectivity index (χ1) is 12.1. The third kappa shape index (κ3) is 6.62. The summed E-state index contributed by atoms with van der Waals surface area (Å²) >= 11 is 3.21. The Morgan fingerprint density at radius 3 is 2.44 bits per heavy atom. The predicted octanol–water partition coefficient (Wildman–Crippen LogP) is 4.73. The van der Waals surface area contributed by atoms with Gasteiger partial charge in [0.25, 0.3) is 0 Å². The molecule has 0 bridgehead atoms. The standard InChI is InChI=1S/C18H21NO4S2/c1-21-17(22-2)12-25-16-6-4-5-14(11-16)23-18(20)19-13-7-9-15(24-3)10-8-13/h4-11,17H,12H2,1-3H3,(H,19,20). The van der Waals surface area contributed by atoms with Crippen molar-refractivity contribution in [2.24, 2.45) is 0 Å². The first-order valence-corrected chi connectivity index (χ1v) is 9.77. The Bertz CT molecular complexity index is 675. The van der Waals surface area contributed by atoms with Gasteiger partial charge in [-0.3, -0.25) is 5.32 Å². The molecule has 0 aromatic heterocycles. The van der Waals surface area contributed by atoms with Gasteiger partial charge in [0.2, 0.25) is 0 Å². The molecule has 0 radical (unpaired) electrons. The van der Waals surface area contributed by atoms with Gasteiger partial charge < -0.3 is 14.2 Å². The van der Waals surface area contributed by atoms with Gasteiger partial charge in [0, 0.05) is 35.5 Å². The van der Waals surface area contributed by atoms with E-state index in [1.54, 1.807) is 43.8 Å². The maximum absolute atomic E-state index is 12.0. The van der Waals surface area contributed by atoms with Crippen molar-refractivity contribution in [3.63, 3.8) is 0 Å². The lowest BCUT2D eigenvalue weighted by atomic mass is 10.3. The Kier molecular flexibility index (Phi) is 8.14. The second-order valence-electron chi connectivity index (χ2n) is 4.93. The van der Waals surface area contributed by atoms with E-state index in [9.17, 15) is 4.79 Å². The monoisotopic (exact) mass is 379 g/mol. The highest BCUT2D eigenvalue weighted by Gasteiger charge is 2.09. The summed E-state index contributed by atoms with van der Waals surface area (Å²) in [5.41, 5.74) is 0.691. The van der Waals surface area contributed by atoms with Crippen LogP contribution in [0.5, 0.6) is 5.75 Å². The van der Waals surface area contributed by atoms with Crippen LogP contribution in [0.3, 0.4) is 0 Å². The number of ether oxygens (including phenoxy) is 3. The fraction of sp³-hybridized carbons (Fsp3) is 0.278. The number of anilines is 1. The van der Waals surface area contributed by atoms with E-state index in [0.29, 0.717) is 17.2 Å². The largest absolute Gasteiger partial charge is 0.417 e. The smallest absolute Gasteiger partial charge is 0.410 e. The molecule has 7 heteroatoms. The highest BCUT2D eigenvalue weighted by Crippen LogP contribution is 2.24. The topological polar surface area (TPSA) is 56.8 Å². The summed E-state index contributed by atoms with van der Waals surface area (Å²) in [5.74, 6) is 1.12. The minimum Gasteiger partial charge on any atom is -0.410 e. The van der Waals surface area contributed by atoms with Gasteiger partial charge in [-0.25, -0.2) is 4.79 Å². The van der Waals surface area contributed by atoms with Crippen molar-refractivity contribution in [3.05, 3.63) is 48.5 Å². The third-order valence-electron chi connectivity index (χ3n) is 3.26. The number of rotatable bonds is 8. The molecule has 0 heterocycles. The Labute approximate surface area is 156 Å². The van der Waals surface area contributed by atoms with E-state index in [2.05, 4.69) is 5.32 Å². The Morgan fingerprint density at radius 1 is 1.08 bits per heavy atom. The van der Waals surface area contributed by atoms with Gasteiger partial charge in [-0.05, 0) is 48.7 Å². The summed E-state index contributed by atoms with van der Waals surface area (Å²) < 4.78 is 15.7. The zero-order chi connectivity index (χ0) is 18.1. The van der Waals surface area contributed by atoms with Crippen LogP contribution in [0, 0.1) is 0 Å². The molecular formula is C18H21NO4S2. The maximum Gasteiger partial charge on any atom is 0.417 e. The number of carbonyl (C=O) groups excluding carboxylic acids is 1. The van der Waals surface area contributed by atoms with Crippen molar-refractivity contribution in [1.29, 1.82) is 0 Å². The van der Waals surface area contributed by atoms with E-state index in [-0.39, 0.29) is 6.29 Å². The van der Waals surface area contributed by atoms with Crippen LogP contribution in [0.25, 0.3) is 0 Å². The Morgan fingerprint density at radius 2 is 1.80 bits per heavy atom. The average molecular weight is 380 g/mol. The van der Waals surface area contributed by atoms with E-state index in [0.717, 1.165) is 9.79 Å². The zero-order valence-corrected chi connectivity index (χ0v) is 16.0. The summed E-state index contributed by atoms with van der Waals surface area (Å²) in [5, 5.41) is 2.71.